The molecule has 0 aliphatic heterocycles. The van der Waals surface area contributed by atoms with E-state index in [9.17, 15) is 4.79 Å². The van der Waals surface area contributed by atoms with Crippen molar-refractivity contribution in [3.8, 4) is 0 Å². The van der Waals surface area contributed by atoms with Gasteiger partial charge in [0.25, 0.3) is 0 Å². The van der Waals surface area contributed by atoms with Crippen LogP contribution in [-0.4, -0.2) is 21.2 Å². The van der Waals surface area contributed by atoms with Crippen molar-refractivity contribution in [1.82, 2.24) is 15.2 Å². The Bertz CT molecular complexity index is 415. The lowest BCUT2D eigenvalue weighted by Gasteiger charge is -2.30. The van der Waals surface area contributed by atoms with Crippen LogP contribution < -0.4 is 11.0 Å². The summed E-state index contributed by atoms with van der Waals surface area (Å²) in [5.41, 5.74) is 0.355. The molecule has 0 aromatic carbocycles. The first-order valence-electron chi connectivity index (χ1n) is 5.86. The topological polar surface area (TPSA) is 70.7 Å². The Balaban J connectivity index is 2.13. The number of nitrogens with zero attached hydrogens (tertiary/aromatic N) is 2. The van der Waals surface area contributed by atoms with Crippen molar-refractivity contribution < 1.29 is 0 Å². The maximum Gasteiger partial charge on any atom is 0.363 e. The number of nitrogens with one attached hydrogen (secondary N) is 2. The molecular weight excluding hydrogens is 204 g/mol. The highest BCUT2D eigenvalue weighted by Gasteiger charge is 2.22. The second-order valence-electron chi connectivity index (χ2n) is 4.59. The van der Waals surface area contributed by atoms with E-state index in [4.69, 9.17) is 0 Å². The fourth-order valence-corrected chi connectivity index (χ4v) is 2.24. The molecule has 0 saturated heterocycles. The van der Waals surface area contributed by atoms with Crippen LogP contribution in [0.2, 0.25) is 0 Å². The zero-order valence-corrected chi connectivity index (χ0v) is 9.79. The Morgan fingerprint density at radius 2 is 2.12 bits per heavy atom. The molecule has 0 radical (unpaired) electrons. The van der Waals surface area contributed by atoms with E-state index >= 15 is 0 Å². The molecule has 2 atom stereocenters. The van der Waals surface area contributed by atoms with Crippen LogP contribution in [0.5, 0.6) is 0 Å². The van der Waals surface area contributed by atoms with Crippen LogP contribution in [0.4, 0.5) is 5.82 Å². The number of aromatic amines is 1. The van der Waals surface area contributed by atoms with Gasteiger partial charge in [0.05, 0.1) is 0 Å². The summed E-state index contributed by atoms with van der Waals surface area (Å²) >= 11 is 0. The summed E-state index contributed by atoms with van der Waals surface area (Å²) in [5.74, 6) is 1.26. The molecule has 1 fully saturated rings. The molecule has 1 heterocycles. The van der Waals surface area contributed by atoms with Crippen molar-refractivity contribution in [3.63, 3.8) is 0 Å². The van der Waals surface area contributed by atoms with Crippen LogP contribution in [0.1, 0.15) is 38.3 Å². The largest absolute Gasteiger partial charge is 0.365 e. The van der Waals surface area contributed by atoms with Crippen LogP contribution >= 0.6 is 0 Å². The minimum absolute atomic E-state index is 0.392. The molecule has 2 N–H and O–H groups in total. The van der Waals surface area contributed by atoms with Crippen LogP contribution in [-0.2, 0) is 0 Å². The summed E-state index contributed by atoms with van der Waals surface area (Å²) in [6.45, 7) is 4.09. The van der Waals surface area contributed by atoms with Gasteiger partial charge in [-0.3, -0.25) is 0 Å². The number of hydrogen-bond acceptors (Lipinski definition) is 4. The van der Waals surface area contributed by atoms with Crippen LogP contribution in [0, 0.1) is 12.8 Å². The number of H-pyrrole nitrogens is 1. The van der Waals surface area contributed by atoms with E-state index in [2.05, 4.69) is 27.4 Å². The Morgan fingerprint density at radius 3 is 2.88 bits per heavy atom. The fraction of sp³-hybridized carbons (Fsp3) is 0.727. The normalized spacial score (nSPS) is 25.4. The van der Waals surface area contributed by atoms with Gasteiger partial charge in [0.1, 0.15) is 5.69 Å². The summed E-state index contributed by atoms with van der Waals surface area (Å²) in [6.07, 6.45) is 4.94. The Hall–Kier alpha value is -1.39. The van der Waals surface area contributed by atoms with E-state index in [0.29, 0.717) is 17.8 Å². The van der Waals surface area contributed by atoms with E-state index in [0.717, 1.165) is 12.1 Å². The van der Waals surface area contributed by atoms with Gasteiger partial charge in [0.15, 0.2) is 5.82 Å². The highest BCUT2D eigenvalue weighted by molar-refractivity contribution is 5.38. The zero-order chi connectivity index (χ0) is 11.5. The molecule has 0 spiro atoms. The number of aryl methyl sites for hydroxylation is 1. The van der Waals surface area contributed by atoms with Crippen LogP contribution in [0.15, 0.2) is 4.79 Å². The fourth-order valence-electron chi connectivity index (χ4n) is 2.24. The average molecular weight is 222 g/mol. The highest BCUT2D eigenvalue weighted by atomic mass is 16.1. The second kappa shape index (κ2) is 4.63. The molecule has 0 bridgehead atoms. The maximum absolute atomic E-state index is 11.1. The second-order valence-corrected chi connectivity index (χ2v) is 4.59. The molecule has 88 valence electrons. The van der Waals surface area contributed by atoms with Gasteiger partial charge in [0, 0.05) is 6.04 Å². The molecule has 1 saturated carbocycles. The van der Waals surface area contributed by atoms with Gasteiger partial charge < -0.3 is 5.32 Å². The third kappa shape index (κ3) is 2.40. The summed E-state index contributed by atoms with van der Waals surface area (Å²) in [7, 11) is 0. The zero-order valence-electron chi connectivity index (χ0n) is 9.79. The number of anilines is 1. The van der Waals surface area contributed by atoms with Crippen LogP contribution in [0.25, 0.3) is 0 Å². The smallest absolute Gasteiger partial charge is 0.363 e. The van der Waals surface area contributed by atoms with E-state index in [1.165, 1.54) is 19.3 Å². The summed E-state index contributed by atoms with van der Waals surface area (Å²) < 4.78 is 0. The van der Waals surface area contributed by atoms with E-state index in [1.54, 1.807) is 0 Å². The lowest BCUT2D eigenvalue weighted by atomic mass is 9.86. The Labute approximate surface area is 94.7 Å². The molecule has 5 nitrogen and oxygen atoms in total. The van der Waals surface area contributed by atoms with Crippen molar-refractivity contribution >= 4 is 5.82 Å². The number of hydrogen-bond donors (Lipinski definition) is 2. The van der Waals surface area contributed by atoms with Crippen molar-refractivity contribution in [1.29, 1.82) is 0 Å². The van der Waals surface area contributed by atoms with Crippen LogP contribution in [0.3, 0.4) is 0 Å². The van der Waals surface area contributed by atoms with Gasteiger partial charge in [-0.2, -0.15) is 10.1 Å². The molecular formula is C11H18N4O. The van der Waals surface area contributed by atoms with Crippen molar-refractivity contribution in [3.05, 3.63) is 16.2 Å². The molecule has 0 unspecified atom stereocenters. The molecule has 1 aromatic heterocycles. The first-order chi connectivity index (χ1) is 7.66. The molecule has 2 rings (SSSR count). The number of rotatable bonds is 2. The minimum Gasteiger partial charge on any atom is -0.365 e. The lowest BCUT2D eigenvalue weighted by molar-refractivity contribution is 0.348. The lowest BCUT2D eigenvalue weighted by Crippen LogP contribution is -2.32. The molecule has 5 heteroatoms. The van der Waals surface area contributed by atoms with Gasteiger partial charge in [-0.05, 0) is 25.7 Å². The van der Waals surface area contributed by atoms with Crippen molar-refractivity contribution in [2.75, 3.05) is 5.32 Å². The molecule has 1 aliphatic carbocycles. The van der Waals surface area contributed by atoms with Crippen molar-refractivity contribution in [2.45, 2.75) is 45.6 Å². The van der Waals surface area contributed by atoms with E-state index in [1.807, 2.05) is 6.92 Å². The Kier molecular flexibility index (Phi) is 3.22. The SMILES string of the molecule is Cc1n[nH]c(=O)nc1N[C@H]1CCCC[C@H]1C. The van der Waals surface area contributed by atoms with Gasteiger partial charge in [-0.25, -0.2) is 9.89 Å². The number of aromatic nitrogens is 3. The molecule has 1 aromatic rings. The standard InChI is InChI=1S/C11H18N4O/c1-7-5-3-4-6-9(7)12-10-8(2)14-15-11(16)13-10/h7,9H,3-6H2,1-2H3,(H2,12,13,15,16)/t7-,9+/m1/s1. The first-order valence-corrected chi connectivity index (χ1v) is 5.86. The van der Waals surface area contributed by atoms with Crippen molar-refractivity contribution in [2.24, 2.45) is 5.92 Å². The minimum atomic E-state index is -0.392. The van der Waals surface area contributed by atoms with E-state index < -0.39 is 5.69 Å². The monoisotopic (exact) mass is 222 g/mol. The molecule has 1 aliphatic rings. The average Bonchev–Trinajstić information content (AvgIpc) is 2.27. The maximum atomic E-state index is 11.1. The molecule has 16 heavy (non-hydrogen) atoms. The first kappa shape index (κ1) is 11.1. The Morgan fingerprint density at radius 1 is 1.38 bits per heavy atom. The van der Waals surface area contributed by atoms with Gasteiger partial charge in [-0.1, -0.05) is 19.8 Å². The third-order valence-corrected chi connectivity index (χ3v) is 3.31. The third-order valence-electron chi connectivity index (χ3n) is 3.31. The predicted octanol–water partition coefficient (Wildman–Crippen LogP) is 1.46. The summed E-state index contributed by atoms with van der Waals surface area (Å²) in [6, 6.07) is 0.420. The van der Waals surface area contributed by atoms with Gasteiger partial charge in [-0.15, -0.1) is 0 Å². The van der Waals surface area contributed by atoms with Gasteiger partial charge >= 0.3 is 5.69 Å². The predicted molar refractivity (Wildman–Crippen MR) is 62.4 cm³/mol. The summed E-state index contributed by atoms with van der Waals surface area (Å²) in [5, 5.41) is 9.58. The van der Waals surface area contributed by atoms with Gasteiger partial charge in [0.2, 0.25) is 0 Å². The summed E-state index contributed by atoms with van der Waals surface area (Å²) in [4.78, 5) is 15.0. The van der Waals surface area contributed by atoms with E-state index in [-0.39, 0.29) is 0 Å². The molecule has 0 amide bonds. The quantitative estimate of drug-likeness (QED) is 0.794. The highest BCUT2D eigenvalue weighted by Crippen LogP contribution is 2.26.